The maximum absolute atomic E-state index is 12.1. The van der Waals surface area contributed by atoms with E-state index in [-0.39, 0.29) is 17.0 Å². The van der Waals surface area contributed by atoms with Crippen LogP contribution in [0.25, 0.3) is 0 Å². The first-order chi connectivity index (χ1) is 12.5. The van der Waals surface area contributed by atoms with Gasteiger partial charge in [0.15, 0.2) is 12.3 Å². The molecule has 26 heavy (non-hydrogen) atoms. The lowest BCUT2D eigenvalue weighted by Crippen LogP contribution is -2.38. The van der Waals surface area contributed by atoms with Crippen molar-refractivity contribution in [1.29, 1.82) is 0 Å². The van der Waals surface area contributed by atoms with Gasteiger partial charge in [0.1, 0.15) is 18.0 Å². The molecule has 0 unspecified atom stereocenters. The van der Waals surface area contributed by atoms with Crippen LogP contribution in [0, 0.1) is 4.77 Å². The van der Waals surface area contributed by atoms with Crippen LogP contribution >= 0.6 is 12.2 Å². The summed E-state index contributed by atoms with van der Waals surface area (Å²) in [5.74, 6) is -0.157. The van der Waals surface area contributed by atoms with Gasteiger partial charge in [-0.2, -0.15) is 0 Å². The number of carbonyl (C=O) groups excluding carboxylic acids is 1. The number of hydrogen-bond donors (Lipinski definition) is 3. The van der Waals surface area contributed by atoms with E-state index in [0.717, 1.165) is 32.1 Å². The highest BCUT2D eigenvalue weighted by molar-refractivity contribution is 7.71. The lowest BCUT2D eigenvalue weighted by Gasteiger charge is -2.20. The standard InChI is InChI=1S/C17H27N3O5S/c1-2-3-4-5-6-7-13(22)25-15-11(10-21)24-16(14(15)23)20-9-8-12(18)19-17(20)26/h8-9,11,14-16,21,23H,2-7,10H2,1H3,(H2,18,19,26)/t11-,14+,15-,16-/m1/s1. The maximum atomic E-state index is 12.1. The van der Waals surface area contributed by atoms with Crippen LogP contribution in [-0.2, 0) is 14.3 Å². The number of nitrogens with two attached hydrogens (primary N) is 1. The van der Waals surface area contributed by atoms with E-state index in [1.807, 2.05) is 0 Å². The smallest absolute Gasteiger partial charge is 0.306 e. The van der Waals surface area contributed by atoms with Crippen molar-refractivity contribution in [3.63, 3.8) is 0 Å². The molecule has 2 rings (SSSR count). The number of rotatable bonds is 9. The summed E-state index contributed by atoms with van der Waals surface area (Å²) in [6, 6.07) is 1.52. The second-order valence-electron chi connectivity index (χ2n) is 6.40. The average Bonchev–Trinajstić information content (AvgIpc) is 2.91. The van der Waals surface area contributed by atoms with Gasteiger partial charge >= 0.3 is 5.97 Å². The van der Waals surface area contributed by atoms with Crippen LogP contribution in [-0.4, -0.2) is 50.7 Å². The summed E-state index contributed by atoms with van der Waals surface area (Å²) < 4.78 is 12.6. The molecule has 1 aliphatic rings. The highest BCUT2D eigenvalue weighted by atomic mass is 32.1. The predicted octanol–water partition coefficient (Wildman–Crippen LogP) is 1.72. The van der Waals surface area contributed by atoms with Gasteiger partial charge in [0.2, 0.25) is 4.77 Å². The summed E-state index contributed by atoms with van der Waals surface area (Å²) in [6.45, 7) is 1.74. The zero-order valence-electron chi connectivity index (χ0n) is 14.9. The maximum Gasteiger partial charge on any atom is 0.306 e. The normalized spacial score (nSPS) is 25.3. The van der Waals surface area contributed by atoms with Crippen molar-refractivity contribution in [2.75, 3.05) is 12.3 Å². The van der Waals surface area contributed by atoms with Crippen molar-refractivity contribution in [3.05, 3.63) is 17.0 Å². The lowest BCUT2D eigenvalue weighted by molar-refractivity contribution is -0.156. The van der Waals surface area contributed by atoms with Crippen LogP contribution in [0.2, 0.25) is 0 Å². The zero-order valence-corrected chi connectivity index (χ0v) is 15.7. The van der Waals surface area contributed by atoms with E-state index in [1.54, 1.807) is 6.20 Å². The van der Waals surface area contributed by atoms with Crippen LogP contribution in [0.5, 0.6) is 0 Å². The number of esters is 1. The summed E-state index contributed by atoms with van der Waals surface area (Å²) in [5, 5.41) is 20.1. The van der Waals surface area contributed by atoms with Crippen molar-refractivity contribution in [2.24, 2.45) is 0 Å². The fourth-order valence-corrected chi connectivity index (χ4v) is 3.22. The largest absolute Gasteiger partial charge is 0.457 e. The Morgan fingerprint density at radius 3 is 2.81 bits per heavy atom. The predicted molar refractivity (Wildman–Crippen MR) is 97.7 cm³/mol. The number of unbranched alkanes of at least 4 members (excludes halogenated alkanes) is 4. The fraction of sp³-hybridized carbons (Fsp3) is 0.706. The fourth-order valence-electron chi connectivity index (χ4n) is 2.94. The van der Waals surface area contributed by atoms with Crippen LogP contribution in [0.1, 0.15) is 51.7 Å². The van der Waals surface area contributed by atoms with E-state index in [4.69, 9.17) is 27.4 Å². The minimum Gasteiger partial charge on any atom is -0.457 e. The molecule has 146 valence electrons. The Morgan fingerprint density at radius 2 is 2.15 bits per heavy atom. The number of carbonyl (C=O) groups is 1. The summed E-state index contributed by atoms with van der Waals surface area (Å²) in [5.41, 5.74) is 5.58. The van der Waals surface area contributed by atoms with Gasteiger partial charge in [-0.25, -0.2) is 4.98 Å². The Labute approximate surface area is 157 Å². The number of anilines is 1. The van der Waals surface area contributed by atoms with Crippen molar-refractivity contribution in [3.8, 4) is 0 Å². The van der Waals surface area contributed by atoms with E-state index < -0.39 is 37.1 Å². The number of aliphatic hydroxyl groups excluding tert-OH is 2. The summed E-state index contributed by atoms with van der Waals surface area (Å²) >= 11 is 5.13. The summed E-state index contributed by atoms with van der Waals surface area (Å²) in [7, 11) is 0. The molecule has 0 spiro atoms. The van der Waals surface area contributed by atoms with Gasteiger partial charge in [0.25, 0.3) is 0 Å². The van der Waals surface area contributed by atoms with Gasteiger partial charge in [-0.1, -0.05) is 32.6 Å². The molecule has 1 aromatic rings. The van der Waals surface area contributed by atoms with Crippen molar-refractivity contribution < 1.29 is 24.5 Å². The van der Waals surface area contributed by atoms with Crippen molar-refractivity contribution in [2.45, 2.75) is 70.0 Å². The highest BCUT2D eigenvalue weighted by Crippen LogP contribution is 2.31. The molecule has 1 saturated heterocycles. The van der Waals surface area contributed by atoms with E-state index in [0.29, 0.717) is 0 Å². The highest BCUT2D eigenvalue weighted by Gasteiger charge is 2.46. The van der Waals surface area contributed by atoms with Crippen molar-refractivity contribution in [1.82, 2.24) is 9.55 Å². The number of hydrogen-bond acceptors (Lipinski definition) is 8. The third-order valence-corrected chi connectivity index (χ3v) is 4.67. The summed E-state index contributed by atoms with van der Waals surface area (Å²) in [6.07, 6.45) is 3.02. The zero-order chi connectivity index (χ0) is 19.1. The molecule has 0 amide bonds. The van der Waals surface area contributed by atoms with Gasteiger partial charge in [-0.15, -0.1) is 0 Å². The Kier molecular flexibility index (Phi) is 7.95. The van der Waals surface area contributed by atoms with E-state index >= 15 is 0 Å². The van der Waals surface area contributed by atoms with E-state index in [1.165, 1.54) is 10.6 Å². The lowest BCUT2D eigenvalue weighted by atomic mass is 10.1. The number of nitrogens with zero attached hydrogens (tertiary/aromatic N) is 2. The quantitative estimate of drug-likeness (QED) is 0.334. The first-order valence-electron chi connectivity index (χ1n) is 8.96. The molecular weight excluding hydrogens is 358 g/mol. The monoisotopic (exact) mass is 385 g/mol. The topological polar surface area (TPSA) is 120 Å². The third kappa shape index (κ3) is 5.23. The number of nitrogen functional groups attached to an aromatic ring is 1. The van der Waals surface area contributed by atoms with Gasteiger partial charge in [-0.05, 0) is 24.7 Å². The van der Waals surface area contributed by atoms with Crippen molar-refractivity contribution >= 4 is 24.0 Å². The second-order valence-corrected chi connectivity index (χ2v) is 6.76. The minimum atomic E-state index is -1.17. The first kappa shape index (κ1) is 20.8. The molecule has 0 aliphatic carbocycles. The Hall–Kier alpha value is -1.55. The Bertz CT molecular complexity index is 654. The molecule has 8 nitrogen and oxygen atoms in total. The second kappa shape index (κ2) is 9.96. The van der Waals surface area contributed by atoms with Gasteiger partial charge in [0, 0.05) is 12.6 Å². The van der Waals surface area contributed by atoms with Gasteiger partial charge in [0.05, 0.1) is 6.61 Å². The molecular formula is C17H27N3O5S. The molecule has 4 N–H and O–H groups in total. The number of aromatic nitrogens is 2. The summed E-state index contributed by atoms with van der Waals surface area (Å²) in [4.78, 5) is 16.0. The molecule has 0 aromatic carbocycles. The molecule has 2 heterocycles. The molecule has 0 radical (unpaired) electrons. The van der Waals surface area contributed by atoms with Gasteiger partial charge in [-0.3, -0.25) is 9.36 Å². The molecule has 0 saturated carbocycles. The van der Waals surface area contributed by atoms with Crippen LogP contribution < -0.4 is 5.73 Å². The third-order valence-electron chi connectivity index (χ3n) is 4.37. The molecule has 4 atom stereocenters. The SMILES string of the molecule is CCCCCCCC(=O)O[C@H]1[C@H](O)[C@H](n2ccc(N)nc2=S)O[C@@H]1CO. The Morgan fingerprint density at radius 1 is 1.42 bits per heavy atom. The van der Waals surface area contributed by atoms with Gasteiger partial charge < -0.3 is 25.4 Å². The molecule has 0 bridgehead atoms. The van der Waals surface area contributed by atoms with E-state index in [2.05, 4.69) is 11.9 Å². The molecule has 1 aliphatic heterocycles. The first-order valence-corrected chi connectivity index (χ1v) is 9.37. The average molecular weight is 385 g/mol. The van der Waals surface area contributed by atoms with Crippen LogP contribution in [0.15, 0.2) is 12.3 Å². The minimum absolute atomic E-state index is 0.133. The van der Waals surface area contributed by atoms with Crippen LogP contribution in [0.3, 0.4) is 0 Å². The molecule has 1 aromatic heterocycles. The Balaban J connectivity index is 1.97. The molecule has 9 heteroatoms. The number of aliphatic hydroxyl groups is 2. The van der Waals surface area contributed by atoms with E-state index in [9.17, 15) is 15.0 Å². The molecule has 1 fully saturated rings. The van der Waals surface area contributed by atoms with Crippen LogP contribution in [0.4, 0.5) is 5.82 Å². The number of ether oxygens (including phenoxy) is 2.